The monoisotopic (exact) mass is 305 g/mol. The molecule has 2 rings (SSSR count). The van der Waals surface area contributed by atoms with E-state index in [0.29, 0.717) is 23.5 Å². The molecule has 0 aliphatic heterocycles. The standard InChI is InChI=1S/C9H12ClN5O3S/c1-11-7-6-8(14-9(10)13-7)15(5-12-6)3-2-4-19(16,17)18/h5H,2-4H2,1H3,(H,11,13,14)(H,16,17,18). The summed E-state index contributed by atoms with van der Waals surface area (Å²) in [6.07, 6.45) is 1.78. The van der Waals surface area contributed by atoms with Gasteiger partial charge in [-0.15, -0.1) is 0 Å². The lowest BCUT2D eigenvalue weighted by Crippen LogP contribution is -2.08. The summed E-state index contributed by atoms with van der Waals surface area (Å²) in [5, 5.41) is 2.93. The van der Waals surface area contributed by atoms with Crippen LogP contribution in [0.15, 0.2) is 6.33 Å². The molecule has 0 bridgehead atoms. The van der Waals surface area contributed by atoms with Crippen LogP contribution in [-0.2, 0) is 16.7 Å². The maximum Gasteiger partial charge on any atom is 0.264 e. The zero-order chi connectivity index (χ0) is 14.0. The van der Waals surface area contributed by atoms with Crippen LogP contribution in [0, 0.1) is 0 Å². The maximum atomic E-state index is 10.7. The van der Waals surface area contributed by atoms with Gasteiger partial charge in [-0.1, -0.05) is 0 Å². The lowest BCUT2D eigenvalue weighted by molar-refractivity contribution is 0.478. The van der Waals surface area contributed by atoms with Gasteiger partial charge in [0.25, 0.3) is 10.1 Å². The number of anilines is 1. The van der Waals surface area contributed by atoms with E-state index in [1.807, 2.05) is 0 Å². The van der Waals surface area contributed by atoms with Gasteiger partial charge in [0.2, 0.25) is 5.28 Å². The minimum atomic E-state index is -3.96. The number of aromatic nitrogens is 4. The van der Waals surface area contributed by atoms with Crippen molar-refractivity contribution in [1.29, 1.82) is 0 Å². The lowest BCUT2D eigenvalue weighted by Gasteiger charge is -2.04. The molecule has 0 unspecified atom stereocenters. The molecule has 2 aromatic rings. The zero-order valence-electron chi connectivity index (χ0n) is 10.0. The highest BCUT2D eigenvalue weighted by molar-refractivity contribution is 7.85. The fourth-order valence-electron chi connectivity index (χ4n) is 1.67. The van der Waals surface area contributed by atoms with Crippen molar-refractivity contribution in [1.82, 2.24) is 19.5 Å². The van der Waals surface area contributed by atoms with Gasteiger partial charge in [-0.3, -0.25) is 4.55 Å². The third-order valence-electron chi connectivity index (χ3n) is 2.47. The molecule has 0 atom stereocenters. The summed E-state index contributed by atoms with van der Waals surface area (Å²) in [7, 11) is -2.27. The zero-order valence-corrected chi connectivity index (χ0v) is 11.6. The van der Waals surface area contributed by atoms with E-state index in [1.54, 1.807) is 11.6 Å². The van der Waals surface area contributed by atoms with Crippen LogP contribution in [0.3, 0.4) is 0 Å². The van der Waals surface area contributed by atoms with Gasteiger partial charge in [-0.05, 0) is 18.0 Å². The summed E-state index contributed by atoms with van der Waals surface area (Å²) >= 11 is 5.80. The van der Waals surface area contributed by atoms with E-state index in [4.69, 9.17) is 16.2 Å². The van der Waals surface area contributed by atoms with Gasteiger partial charge in [-0.25, -0.2) is 4.98 Å². The van der Waals surface area contributed by atoms with Crippen LogP contribution in [0.2, 0.25) is 5.28 Å². The number of fused-ring (bicyclic) bond motifs is 1. The van der Waals surface area contributed by atoms with Crippen molar-refractivity contribution in [3.05, 3.63) is 11.6 Å². The third-order valence-corrected chi connectivity index (χ3v) is 3.45. The van der Waals surface area contributed by atoms with Gasteiger partial charge in [0.05, 0.1) is 12.1 Å². The average molecular weight is 306 g/mol. The summed E-state index contributed by atoms with van der Waals surface area (Å²) < 4.78 is 31.6. The highest BCUT2D eigenvalue weighted by Crippen LogP contribution is 2.20. The molecule has 2 heterocycles. The van der Waals surface area contributed by atoms with E-state index in [-0.39, 0.29) is 17.5 Å². The Labute approximate surface area is 114 Å². The predicted octanol–water partition coefficient (Wildman–Crippen LogP) is 0.799. The van der Waals surface area contributed by atoms with Gasteiger partial charge in [0.15, 0.2) is 17.0 Å². The quantitative estimate of drug-likeness (QED) is 0.621. The van der Waals surface area contributed by atoms with Crippen molar-refractivity contribution in [2.24, 2.45) is 0 Å². The van der Waals surface area contributed by atoms with Gasteiger partial charge in [-0.2, -0.15) is 18.4 Å². The average Bonchev–Trinajstić information content (AvgIpc) is 2.70. The van der Waals surface area contributed by atoms with E-state index in [0.717, 1.165) is 0 Å². The lowest BCUT2D eigenvalue weighted by atomic mass is 10.4. The first kappa shape index (κ1) is 14.0. The Morgan fingerprint density at radius 2 is 2.21 bits per heavy atom. The molecule has 0 aliphatic carbocycles. The van der Waals surface area contributed by atoms with E-state index < -0.39 is 10.1 Å². The fraction of sp³-hybridized carbons (Fsp3) is 0.444. The minimum Gasteiger partial charge on any atom is -0.371 e. The molecule has 104 valence electrons. The van der Waals surface area contributed by atoms with Crippen LogP contribution >= 0.6 is 11.6 Å². The second kappa shape index (κ2) is 5.27. The van der Waals surface area contributed by atoms with Gasteiger partial charge in [0.1, 0.15) is 0 Å². The van der Waals surface area contributed by atoms with Crippen LogP contribution in [0.25, 0.3) is 11.2 Å². The summed E-state index contributed by atoms with van der Waals surface area (Å²) in [6.45, 7) is 0.354. The summed E-state index contributed by atoms with van der Waals surface area (Å²) in [6, 6.07) is 0. The van der Waals surface area contributed by atoms with Gasteiger partial charge < -0.3 is 9.88 Å². The Kier molecular flexibility index (Phi) is 3.88. The SMILES string of the molecule is CNc1nc(Cl)nc2c1ncn2CCCS(=O)(=O)O. The van der Waals surface area contributed by atoms with Gasteiger partial charge in [0, 0.05) is 13.6 Å². The molecule has 8 nitrogen and oxygen atoms in total. The third kappa shape index (κ3) is 3.31. The molecule has 19 heavy (non-hydrogen) atoms. The first-order valence-corrected chi connectivity index (χ1v) is 7.40. The molecule has 0 saturated carbocycles. The highest BCUT2D eigenvalue weighted by atomic mass is 35.5. The molecule has 10 heteroatoms. The molecule has 0 saturated heterocycles. The van der Waals surface area contributed by atoms with Crippen molar-refractivity contribution in [2.45, 2.75) is 13.0 Å². The Morgan fingerprint density at radius 3 is 2.84 bits per heavy atom. The number of nitrogens with zero attached hydrogens (tertiary/aromatic N) is 4. The molecule has 0 spiro atoms. The second-order valence-corrected chi connectivity index (χ2v) is 5.75. The Hall–Kier alpha value is -1.45. The highest BCUT2D eigenvalue weighted by Gasteiger charge is 2.12. The Balaban J connectivity index is 2.27. The van der Waals surface area contributed by atoms with Crippen molar-refractivity contribution < 1.29 is 13.0 Å². The van der Waals surface area contributed by atoms with Crippen LogP contribution in [0.1, 0.15) is 6.42 Å². The van der Waals surface area contributed by atoms with Gasteiger partial charge >= 0.3 is 0 Å². The molecule has 0 amide bonds. The molecule has 2 N–H and O–H groups in total. The number of imidazole rings is 1. The molecule has 0 aliphatic rings. The Morgan fingerprint density at radius 1 is 1.47 bits per heavy atom. The first-order valence-electron chi connectivity index (χ1n) is 5.42. The van der Waals surface area contributed by atoms with Crippen LogP contribution < -0.4 is 5.32 Å². The molecular formula is C9H12ClN5O3S. The summed E-state index contributed by atoms with van der Waals surface area (Å²) in [5.41, 5.74) is 1.07. The van der Waals surface area contributed by atoms with Crippen molar-refractivity contribution in [3.8, 4) is 0 Å². The van der Waals surface area contributed by atoms with Crippen molar-refractivity contribution in [3.63, 3.8) is 0 Å². The van der Waals surface area contributed by atoms with Crippen LogP contribution in [-0.4, -0.2) is 45.3 Å². The number of rotatable bonds is 5. The molecule has 0 radical (unpaired) electrons. The Bertz CT molecular complexity index is 699. The molecule has 2 aromatic heterocycles. The smallest absolute Gasteiger partial charge is 0.264 e. The number of nitrogens with one attached hydrogen (secondary N) is 1. The van der Waals surface area contributed by atoms with Crippen molar-refractivity contribution in [2.75, 3.05) is 18.1 Å². The number of halogens is 1. The molecular weight excluding hydrogens is 294 g/mol. The largest absolute Gasteiger partial charge is 0.371 e. The second-order valence-electron chi connectivity index (χ2n) is 3.84. The molecule has 0 fully saturated rings. The van der Waals surface area contributed by atoms with E-state index in [9.17, 15) is 8.42 Å². The fourth-order valence-corrected chi connectivity index (χ4v) is 2.33. The normalized spacial score (nSPS) is 11.9. The maximum absolute atomic E-state index is 10.7. The summed E-state index contributed by atoms with van der Waals surface area (Å²) in [5.74, 6) is 0.188. The van der Waals surface area contributed by atoms with Crippen LogP contribution in [0.4, 0.5) is 5.82 Å². The number of aryl methyl sites for hydroxylation is 1. The topological polar surface area (TPSA) is 110 Å². The van der Waals surface area contributed by atoms with Crippen molar-refractivity contribution >= 4 is 38.7 Å². The number of hydrogen-bond donors (Lipinski definition) is 2. The van der Waals surface area contributed by atoms with Crippen LogP contribution in [0.5, 0.6) is 0 Å². The predicted molar refractivity (Wildman–Crippen MR) is 70.9 cm³/mol. The van der Waals surface area contributed by atoms with E-state index in [1.165, 1.54) is 6.33 Å². The summed E-state index contributed by atoms with van der Waals surface area (Å²) in [4.78, 5) is 12.2. The van der Waals surface area contributed by atoms with E-state index in [2.05, 4.69) is 20.3 Å². The minimum absolute atomic E-state index is 0.0772. The number of hydrogen-bond acceptors (Lipinski definition) is 6. The first-order chi connectivity index (χ1) is 8.90. The van der Waals surface area contributed by atoms with E-state index >= 15 is 0 Å². The molecule has 0 aromatic carbocycles.